The third-order valence-corrected chi connectivity index (χ3v) is 4.80. The van der Waals surface area contributed by atoms with E-state index in [0.29, 0.717) is 6.04 Å². The Labute approximate surface area is 132 Å². The number of thiophene rings is 1. The molecule has 0 amide bonds. The monoisotopic (exact) mass is 357 g/mol. The smallest absolute Gasteiger partial charge is 0.0465 e. The maximum absolute atomic E-state index is 6.35. The largest absolute Gasteiger partial charge is 0.310 e. The molecule has 0 bridgehead atoms. The minimum atomic E-state index is 0.313. The second-order valence-corrected chi connectivity index (χ2v) is 6.75. The van der Waals surface area contributed by atoms with Crippen LogP contribution in [0, 0.1) is 0 Å². The molecule has 0 saturated heterocycles. The second kappa shape index (κ2) is 7.44. The fraction of sp³-hybridized carbons (Fsp3) is 0.333. The second-order valence-electron chi connectivity index (χ2n) is 4.39. The maximum atomic E-state index is 6.35. The van der Waals surface area contributed by atoms with Gasteiger partial charge in [0.2, 0.25) is 0 Å². The van der Waals surface area contributed by atoms with Gasteiger partial charge >= 0.3 is 0 Å². The molecule has 2 rings (SSSR count). The van der Waals surface area contributed by atoms with Crippen LogP contribution in [0.25, 0.3) is 0 Å². The summed E-state index contributed by atoms with van der Waals surface area (Å²) in [6, 6.07) is 10.7. The topological polar surface area (TPSA) is 12.0 Å². The van der Waals surface area contributed by atoms with Crippen LogP contribution in [0.15, 0.2) is 40.2 Å². The van der Waals surface area contributed by atoms with Crippen LogP contribution in [0.3, 0.4) is 0 Å². The number of hydrogen-bond acceptors (Lipinski definition) is 2. The Hall–Kier alpha value is -0.350. The number of benzene rings is 1. The van der Waals surface area contributed by atoms with E-state index in [0.717, 1.165) is 28.9 Å². The summed E-state index contributed by atoms with van der Waals surface area (Å²) in [4.78, 5) is 1.43. The molecule has 4 heteroatoms. The van der Waals surface area contributed by atoms with Crippen LogP contribution >= 0.6 is 38.9 Å². The van der Waals surface area contributed by atoms with E-state index in [-0.39, 0.29) is 0 Å². The highest BCUT2D eigenvalue weighted by molar-refractivity contribution is 9.10. The van der Waals surface area contributed by atoms with Gasteiger partial charge in [-0.05, 0) is 48.5 Å². The Morgan fingerprint density at radius 2 is 2.21 bits per heavy atom. The van der Waals surface area contributed by atoms with Gasteiger partial charge in [0.05, 0.1) is 0 Å². The lowest BCUT2D eigenvalue weighted by atomic mass is 10.0. The molecule has 1 aromatic heterocycles. The average Bonchev–Trinajstić information content (AvgIpc) is 2.88. The molecular formula is C15H17BrClNS. The Balaban J connectivity index is 2.10. The molecule has 0 aliphatic heterocycles. The third-order valence-electron chi connectivity index (χ3n) is 3.05. The van der Waals surface area contributed by atoms with Gasteiger partial charge in [-0.1, -0.05) is 46.6 Å². The van der Waals surface area contributed by atoms with Crippen LogP contribution in [0.5, 0.6) is 0 Å². The van der Waals surface area contributed by atoms with Gasteiger partial charge in [-0.2, -0.15) is 0 Å². The summed E-state index contributed by atoms with van der Waals surface area (Å²) >= 11 is 11.6. The van der Waals surface area contributed by atoms with E-state index in [9.17, 15) is 0 Å². The molecule has 0 radical (unpaired) electrons. The van der Waals surface area contributed by atoms with Gasteiger partial charge in [-0.25, -0.2) is 0 Å². The summed E-state index contributed by atoms with van der Waals surface area (Å²) in [5.41, 5.74) is 1.18. The van der Waals surface area contributed by atoms with Crippen molar-refractivity contribution in [1.82, 2.24) is 5.32 Å². The molecule has 2 aromatic rings. The summed E-state index contributed by atoms with van der Waals surface area (Å²) in [5, 5.41) is 6.48. The zero-order valence-electron chi connectivity index (χ0n) is 10.8. The van der Waals surface area contributed by atoms with Crippen molar-refractivity contribution in [2.75, 3.05) is 6.54 Å². The number of nitrogens with one attached hydrogen (secondary N) is 1. The van der Waals surface area contributed by atoms with Gasteiger partial charge in [-0.3, -0.25) is 0 Å². The summed E-state index contributed by atoms with van der Waals surface area (Å²) in [5.74, 6) is 0. The molecular weight excluding hydrogens is 342 g/mol. The number of aryl methyl sites for hydroxylation is 1. The van der Waals surface area contributed by atoms with E-state index in [1.807, 2.05) is 17.4 Å². The van der Waals surface area contributed by atoms with Crippen molar-refractivity contribution in [3.63, 3.8) is 0 Å². The van der Waals surface area contributed by atoms with Crippen LogP contribution in [0.1, 0.15) is 29.8 Å². The first-order valence-electron chi connectivity index (χ1n) is 6.41. The molecule has 1 atom stereocenters. The highest BCUT2D eigenvalue weighted by Crippen LogP contribution is 2.29. The summed E-state index contributed by atoms with van der Waals surface area (Å²) in [7, 11) is 0. The predicted molar refractivity (Wildman–Crippen MR) is 88.2 cm³/mol. The minimum Gasteiger partial charge on any atom is -0.310 e. The van der Waals surface area contributed by atoms with Crippen molar-refractivity contribution < 1.29 is 0 Å². The van der Waals surface area contributed by atoms with Gasteiger partial charge in [0.25, 0.3) is 0 Å². The first-order chi connectivity index (χ1) is 9.20. The van der Waals surface area contributed by atoms with Gasteiger partial charge in [0, 0.05) is 20.4 Å². The Morgan fingerprint density at radius 1 is 1.37 bits per heavy atom. The molecule has 1 aromatic carbocycles. The quantitative estimate of drug-likeness (QED) is 0.724. The van der Waals surface area contributed by atoms with Crippen molar-refractivity contribution in [2.45, 2.75) is 25.8 Å². The molecule has 0 fully saturated rings. The molecule has 19 heavy (non-hydrogen) atoms. The fourth-order valence-corrected chi connectivity index (χ4v) is 3.67. The lowest BCUT2D eigenvalue weighted by molar-refractivity contribution is 0.517. The van der Waals surface area contributed by atoms with E-state index in [2.05, 4.69) is 57.8 Å². The van der Waals surface area contributed by atoms with Crippen LogP contribution in [0.2, 0.25) is 5.02 Å². The molecule has 1 nitrogen and oxygen atoms in total. The normalized spacial score (nSPS) is 12.6. The zero-order valence-corrected chi connectivity index (χ0v) is 14.0. The van der Waals surface area contributed by atoms with E-state index < -0.39 is 0 Å². The van der Waals surface area contributed by atoms with E-state index in [1.165, 1.54) is 10.4 Å². The summed E-state index contributed by atoms with van der Waals surface area (Å²) in [6.07, 6.45) is 2.15. The van der Waals surface area contributed by atoms with Crippen LogP contribution in [0.4, 0.5) is 0 Å². The fourth-order valence-electron chi connectivity index (χ4n) is 2.14. The highest BCUT2D eigenvalue weighted by atomic mass is 79.9. The maximum Gasteiger partial charge on any atom is 0.0465 e. The van der Waals surface area contributed by atoms with Gasteiger partial charge in [0.1, 0.15) is 0 Å². The molecule has 0 aliphatic carbocycles. The lowest BCUT2D eigenvalue weighted by Gasteiger charge is -2.19. The van der Waals surface area contributed by atoms with Crippen LogP contribution in [-0.2, 0) is 6.42 Å². The average molecular weight is 359 g/mol. The van der Waals surface area contributed by atoms with Crippen molar-refractivity contribution in [3.05, 3.63) is 55.6 Å². The predicted octanol–water partition coefficient (Wildman–Crippen LogP) is 5.45. The number of halogens is 2. The van der Waals surface area contributed by atoms with Crippen LogP contribution < -0.4 is 5.32 Å². The molecule has 1 unspecified atom stereocenters. The summed E-state index contributed by atoms with van der Waals surface area (Å²) < 4.78 is 1.02. The van der Waals surface area contributed by atoms with E-state index in [1.54, 1.807) is 0 Å². The van der Waals surface area contributed by atoms with Crippen molar-refractivity contribution in [3.8, 4) is 0 Å². The Morgan fingerprint density at radius 3 is 2.84 bits per heavy atom. The molecule has 0 saturated carbocycles. The van der Waals surface area contributed by atoms with E-state index >= 15 is 0 Å². The van der Waals surface area contributed by atoms with Crippen LogP contribution in [-0.4, -0.2) is 6.54 Å². The standard InChI is InChI=1S/C15H17BrClNS/c1-2-18-15(8-6-12-4-3-9-19-12)13-7-5-11(16)10-14(13)17/h3-5,7,9-10,15,18H,2,6,8H2,1H3. The van der Waals surface area contributed by atoms with Crippen molar-refractivity contribution >= 4 is 38.9 Å². The summed E-state index contributed by atoms with van der Waals surface area (Å²) in [6.45, 7) is 3.08. The van der Waals surface area contributed by atoms with Gasteiger partial charge < -0.3 is 5.32 Å². The zero-order chi connectivity index (χ0) is 13.7. The number of rotatable bonds is 6. The molecule has 102 valence electrons. The Bertz CT molecular complexity index is 513. The van der Waals surface area contributed by atoms with Gasteiger partial charge in [0.15, 0.2) is 0 Å². The first-order valence-corrected chi connectivity index (χ1v) is 8.46. The minimum absolute atomic E-state index is 0.313. The van der Waals surface area contributed by atoms with Crippen molar-refractivity contribution in [2.24, 2.45) is 0 Å². The highest BCUT2D eigenvalue weighted by Gasteiger charge is 2.14. The van der Waals surface area contributed by atoms with Crippen molar-refractivity contribution in [1.29, 1.82) is 0 Å². The molecule has 0 spiro atoms. The lowest BCUT2D eigenvalue weighted by Crippen LogP contribution is -2.21. The molecule has 1 heterocycles. The number of hydrogen-bond donors (Lipinski definition) is 1. The van der Waals surface area contributed by atoms with Gasteiger partial charge in [-0.15, -0.1) is 11.3 Å². The Kier molecular flexibility index (Phi) is 5.89. The molecule has 0 aliphatic rings. The van der Waals surface area contributed by atoms with E-state index in [4.69, 9.17) is 11.6 Å². The third kappa shape index (κ3) is 4.32. The molecule has 1 N–H and O–H groups in total. The SMILES string of the molecule is CCNC(CCc1cccs1)c1ccc(Br)cc1Cl. The first kappa shape index (κ1) is 15.0.